The Balaban J connectivity index is -0.000000405. The first-order chi connectivity index (χ1) is 4.46. The summed E-state index contributed by atoms with van der Waals surface area (Å²) in [4.78, 5) is 19.5. The smallest absolute Gasteiger partial charge is 0 e. The number of carboxylic acid groups (broad SMARTS) is 2. The van der Waals surface area contributed by atoms with Crippen LogP contribution in [0.1, 0.15) is 0 Å². The molecular weight excluding hydrogens is 273 g/mol. The molecule has 6 nitrogen and oxygen atoms in total. The second-order valence-electron chi connectivity index (χ2n) is 1.57. The molecule has 4 N–H and O–H groups in total. The monoisotopic (exact) mass is 279 g/mol. The van der Waals surface area contributed by atoms with Crippen molar-refractivity contribution in [2.75, 3.05) is 0 Å². The molecule has 0 aliphatic carbocycles. The van der Waals surface area contributed by atoms with Gasteiger partial charge < -0.3 is 20.4 Å². The van der Waals surface area contributed by atoms with Crippen molar-refractivity contribution < 1.29 is 30.0 Å². The summed E-state index contributed by atoms with van der Waals surface area (Å²) in [5.74, 6) is -3.54. The zero-order valence-corrected chi connectivity index (χ0v) is 7.76. The molecule has 0 amide bonds. The molecule has 0 aromatic heterocycles. The van der Waals surface area contributed by atoms with Crippen LogP contribution in [-0.4, -0.2) is 87.9 Å². The number of hydrogen-bond acceptors (Lipinski definition) is 4. The van der Waals surface area contributed by atoms with Gasteiger partial charge in [0.15, 0.2) is 12.2 Å². The summed E-state index contributed by atoms with van der Waals surface area (Å²) in [6.07, 6.45) is -4.53. The van der Waals surface area contributed by atoms with Crippen molar-refractivity contribution >= 4 is 55.2 Å². The number of aliphatic hydroxyl groups excluding tert-OH is 2. The van der Waals surface area contributed by atoms with E-state index in [-0.39, 0.29) is 43.3 Å². The molecule has 0 aliphatic heterocycles. The van der Waals surface area contributed by atoms with Gasteiger partial charge in [0.25, 0.3) is 0 Å². The van der Waals surface area contributed by atoms with Gasteiger partial charge in [-0.25, -0.2) is 9.59 Å². The molecule has 3 radical (unpaired) electrons. The van der Waals surface area contributed by atoms with Crippen LogP contribution in [0.25, 0.3) is 0 Å². The van der Waals surface area contributed by atoms with Gasteiger partial charge in [0.05, 0.1) is 0 Å². The van der Waals surface area contributed by atoms with E-state index in [4.69, 9.17) is 20.4 Å². The average molecular weight is 280 g/mol. The normalized spacial score (nSPS) is 13.2. The summed E-state index contributed by atoms with van der Waals surface area (Å²) in [6, 6.07) is 0. The molecule has 0 aromatic rings. The van der Waals surface area contributed by atoms with Gasteiger partial charge in [-0.15, -0.1) is 0 Å². The van der Waals surface area contributed by atoms with E-state index in [2.05, 4.69) is 0 Å². The van der Waals surface area contributed by atoms with Crippen LogP contribution in [0, 0.1) is 0 Å². The largest absolute Gasteiger partial charge is 0 e. The first-order valence-corrected chi connectivity index (χ1v) is 2.28. The minimum Gasteiger partial charge on any atom is 0 e. The number of carbonyl (C=O) groups is 2. The molecular formula is C4H7LiO6Sb. The van der Waals surface area contributed by atoms with Crippen molar-refractivity contribution in [3.8, 4) is 0 Å². The minimum absolute atomic E-state index is 0. The molecule has 12 heavy (non-hydrogen) atoms. The van der Waals surface area contributed by atoms with Gasteiger partial charge in [0, 0.05) is 24.4 Å². The Labute approximate surface area is 97.2 Å². The van der Waals surface area contributed by atoms with E-state index in [0.717, 1.165) is 0 Å². The van der Waals surface area contributed by atoms with Crippen molar-refractivity contribution in [3.05, 3.63) is 0 Å². The summed E-state index contributed by atoms with van der Waals surface area (Å²) >= 11 is 0. The molecule has 0 bridgehead atoms. The standard InChI is InChI=1S/C4H6O6.Li.Sb.H/c5-1(3(7)8)2(6)4(9)10;;;/h1-2,5-6H,(H,7,8)(H,9,10);;;. The molecule has 0 saturated heterocycles. The van der Waals surface area contributed by atoms with Gasteiger partial charge in [-0.05, 0) is 0 Å². The average Bonchev–Trinajstić information content (AvgIpc) is 1.84. The van der Waals surface area contributed by atoms with Crippen molar-refractivity contribution in [2.24, 2.45) is 0 Å². The first kappa shape index (κ1) is 18.1. The number of carboxylic acids is 2. The van der Waals surface area contributed by atoms with Gasteiger partial charge in [-0.2, -0.15) is 0 Å². The summed E-state index contributed by atoms with van der Waals surface area (Å²) in [7, 11) is 0. The maximum atomic E-state index is 9.77. The third kappa shape index (κ3) is 5.87. The van der Waals surface area contributed by atoms with E-state index in [1.807, 2.05) is 0 Å². The van der Waals surface area contributed by atoms with Crippen molar-refractivity contribution in [1.82, 2.24) is 0 Å². The maximum absolute atomic E-state index is 9.77. The molecule has 8 heteroatoms. The van der Waals surface area contributed by atoms with Crippen LogP contribution in [0.2, 0.25) is 0 Å². The third-order valence-electron chi connectivity index (χ3n) is 0.805. The Bertz CT molecular complexity index is 144. The quantitative estimate of drug-likeness (QED) is 0.406. The zero-order valence-electron chi connectivity index (χ0n) is 5.21. The Hall–Kier alpha value is 0.276. The molecule has 65 valence electrons. The van der Waals surface area contributed by atoms with E-state index in [1.165, 1.54) is 0 Å². The van der Waals surface area contributed by atoms with Crippen LogP contribution in [0.4, 0.5) is 0 Å². The molecule has 2 atom stereocenters. The van der Waals surface area contributed by atoms with Crippen LogP contribution in [0.3, 0.4) is 0 Å². The van der Waals surface area contributed by atoms with E-state index in [9.17, 15) is 9.59 Å². The number of aliphatic carboxylic acids is 2. The summed E-state index contributed by atoms with van der Waals surface area (Å²) in [5, 5.41) is 32.5. The molecule has 0 spiro atoms. The van der Waals surface area contributed by atoms with E-state index in [0.29, 0.717) is 0 Å². The van der Waals surface area contributed by atoms with Crippen LogP contribution in [-0.2, 0) is 9.59 Å². The van der Waals surface area contributed by atoms with Gasteiger partial charge in [-0.1, -0.05) is 0 Å². The van der Waals surface area contributed by atoms with Gasteiger partial charge in [-0.3, -0.25) is 0 Å². The minimum atomic E-state index is -2.27. The van der Waals surface area contributed by atoms with Crippen LogP contribution in [0.5, 0.6) is 0 Å². The molecule has 0 fully saturated rings. The van der Waals surface area contributed by atoms with Crippen molar-refractivity contribution in [3.63, 3.8) is 0 Å². The SMILES string of the molecule is O=C(O)C(O)C(O)C(=O)O.[LiH].[Sb]. The molecule has 2 unspecified atom stereocenters. The summed E-state index contributed by atoms with van der Waals surface area (Å²) in [5.41, 5.74) is 0. The van der Waals surface area contributed by atoms with Gasteiger partial charge >= 0.3 is 30.8 Å². The molecule has 0 aromatic carbocycles. The maximum Gasteiger partial charge on any atom is 0 e. The van der Waals surface area contributed by atoms with Crippen LogP contribution < -0.4 is 0 Å². The number of rotatable bonds is 3. The summed E-state index contributed by atoms with van der Waals surface area (Å²) < 4.78 is 0. The molecule has 0 saturated carbocycles. The predicted molar refractivity (Wildman–Crippen MR) is 40.2 cm³/mol. The Kier molecular flexibility index (Phi) is 11.9. The summed E-state index contributed by atoms with van der Waals surface area (Å²) in [6.45, 7) is 0. The fourth-order valence-corrected chi connectivity index (χ4v) is 0.270. The van der Waals surface area contributed by atoms with Gasteiger partial charge in [0.1, 0.15) is 0 Å². The Morgan fingerprint density at radius 3 is 1.17 bits per heavy atom. The Morgan fingerprint density at radius 1 is 0.917 bits per heavy atom. The molecule has 0 aliphatic rings. The molecule has 0 heterocycles. The fraction of sp³-hybridized carbons (Fsp3) is 0.500. The Morgan fingerprint density at radius 2 is 1.08 bits per heavy atom. The second kappa shape index (κ2) is 7.90. The molecule has 0 rings (SSSR count). The van der Waals surface area contributed by atoms with Crippen LogP contribution >= 0.6 is 0 Å². The number of hydrogen-bond donors (Lipinski definition) is 4. The van der Waals surface area contributed by atoms with E-state index >= 15 is 0 Å². The van der Waals surface area contributed by atoms with Crippen molar-refractivity contribution in [1.29, 1.82) is 0 Å². The van der Waals surface area contributed by atoms with E-state index < -0.39 is 24.1 Å². The number of aliphatic hydroxyl groups is 2. The van der Waals surface area contributed by atoms with Gasteiger partial charge in [0.2, 0.25) is 0 Å². The topological polar surface area (TPSA) is 115 Å². The zero-order chi connectivity index (χ0) is 8.31. The predicted octanol–water partition coefficient (Wildman–Crippen LogP) is -3.15. The van der Waals surface area contributed by atoms with Crippen LogP contribution in [0.15, 0.2) is 0 Å². The third-order valence-corrected chi connectivity index (χ3v) is 0.805. The van der Waals surface area contributed by atoms with Crippen molar-refractivity contribution in [2.45, 2.75) is 12.2 Å². The second-order valence-corrected chi connectivity index (χ2v) is 1.57. The first-order valence-electron chi connectivity index (χ1n) is 2.28. The fourth-order valence-electron chi connectivity index (χ4n) is 0.270. The van der Waals surface area contributed by atoms with E-state index in [1.54, 1.807) is 0 Å².